The number of aromatic nitrogens is 2. The molecule has 1 saturated heterocycles. The van der Waals surface area contributed by atoms with Crippen molar-refractivity contribution in [1.29, 1.82) is 0 Å². The third kappa shape index (κ3) is 4.70. The van der Waals surface area contributed by atoms with E-state index >= 15 is 0 Å². The molecule has 4 rings (SSSR count). The number of ether oxygens (including phenoxy) is 1. The minimum absolute atomic E-state index is 0.134. The molecule has 0 atom stereocenters. The number of nitrogens with zero attached hydrogens (tertiary/aromatic N) is 4. The van der Waals surface area contributed by atoms with Crippen LogP contribution in [0.1, 0.15) is 21.7 Å². The second-order valence-corrected chi connectivity index (χ2v) is 9.95. The second-order valence-electron chi connectivity index (χ2n) is 7.57. The first-order valence-corrected chi connectivity index (χ1v) is 11.9. The van der Waals surface area contributed by atoms with Gasteiger partial charge in [0.25, 0.3) is 11.6 Å². The van der Waals surface area contributed by atoms with Gasteiger partial charge in [-0.2, -0.15) is 4.31 Å². The number of benzene rings is 1. The lowest BCUT2D eigenvalue weighted by Crippen LogP contribution is -2.51. The van der Waals surface area contributed by atoms with Crippen LogP contribution in [0.15, 0.2) is 39.8 Å². The maximum atomic E-state index is 12.8. The molecule has 0 aliphatic carbocycles. The summed E-state index contributed by atoms with van der Waals surface area (Å²) in [5.74, 6) is -1.09. The first-order chi connectivity index (χ1) is 15.7. The number of esters is 1. The Morgan fingerprint density at radius 3 is 2.45 bits per heavy atom. The van der Waals surface area contributed by atoms with Gasteiger partial charge >= 0.3 is 5.97 Å². The van der Waals surface area contributed by atoms with E-state index in [0.717, 1.165) is 0 Å². The van der Waals surface area contributed by atoms with E-state index in [-0.39, 0.29) is 42.4 Å². The molecule has 2 aromatic heterocycles. The number of amides is 1. The summed E-state index contributed by atoms with van der Waals surface area (Å²) in [7, 11) is -3.68. The van der Waals surface area contributed by atoms with Crippen LogP contribution in [-0.2, 0) is 19.6 Å². The van der Waals surface area contributed by atoms with E-state index in [1.807, 2.05) is 0 Å². The monoisotopic (exact) mass is 492 g/mol. The molecule has 174 valence electrons. The molecule has 1 fully saturated rings. The number of rotatable bonds is 5. The summed E-state index contributed by atoms with van der Waals surface area (Å²) in [6.45, 7) is 3.57. The van der Waals surface area contributed by atoms with E-state index in [0.29, 0.717) is 21.8 Å². The van der Waals surface area contributed by atoms with Crippen molar-refractivity contribution in [3.8, 4) is 0 Å². The molecule has 1 aliphatic rings. The van der Waals surface area contributed by atoms with Crippen LogP contribution in [0.2, 0.25) is 5.02 Å². The molecule has 0 N–H and O–H groups in total. The molecule has 12 heteroatoms. The molecule has 0 saturated carbocycles. The van der Waals surface area contributed by atoms with Crippen molar-refractivity contribution in [2.45, 2.75) is 18.7 Å². The number of carbonyl (C=O) groups is 2. The van der Waals surface area contributed by atoms with Gasteiger partial charge in [0.15, 0.2) is 6.61 Å². The van der Waals surface area contributed by atoms with Crippen LogP contribution in [0.3, 0.4) is 0 Å². The van der Waals surface area contributed by atoms with Crippen molar-refractivity contribution in [2.24, 2.45) is 0 Å². The molecular formula is C21H21ClN4O6S. The summed E-state index contributed by atoms with van der Waals surface area (Å²) in [6.07, 6.45) is 0. The van der Waals surface area contributed by atoms with Gasteiger partial charge in [-0.1, -0.05) is 16.8 Å². The largest absolute Gasteiger partial charge is 0.452 e. The molecule has 3 heterocycles. The number of carbonyl (C=O) groups excluding carboxylic acids is 2. The van der Waals surface area contributed by atoms with Gasteiger partial charge < -0.3 is 14.2 Å². The van der Waals surface area contributed by atoms with Crippen molar-refractivity contribution < 1.29 is 27.3 Å². The number of hydrogen-bond acceptors (Lipinski definition) is 8. The molecule has 3 aromatic rings. The lowest BCUT2D eigenvalue weighted by molar-refractivity contribution is -0.135. The average Bonchev–Trinajstić information content (AvgIpc) is 3.17. The van der Waals surface area contributed by atoms with E-state index in [1.54, 1.807) is 19.9 Å². The number of sulfonamides is 1. The van der Waals surface area contributed by atoms with Crippen LogP contribution >= 0.6 is 11.6 Å². The predicted molar refractivity (Wildman–Crippen MR) is 118 cm³/mol. The molecule has 0 unspecified atom stereocenters. The fraction of sp³-hybridized carbons (Fsp3) is 0.333. The van der Waals surface area contributed by atoms with Gasteiger partial charge in [-0.3, -0.25) is 4.79 Å². The van der Waals surface area contributed by atoms with E-state index in [9.17, 15) is 18.0 Å². The van der Waals surface area contributed by atoms with Crippen molar-refractivity contribution in [1.82, 2.24) is 19.3 Å². The van der Waals surface area contributed by atoms with E-state index in [4.69, 9.17) is 20.9 Å². The highest BCUT2D eigenvalue weighted by atomic mass is 35.5. The zero-order valence-electron chi connectivity index (χ0n) is 17.9. The molecule has 10 nitrogen and oxygen atoms in total. The summed E-state index contributed by atoms with van der Waals surface area (Å²) in [5, 5.41) is 4.71. The van der Waals surface area contributed by atoms with Crippen LogP contribution < -0.4 is 0 Å². The fourth-order valence-electron chi connectivity index (χ4n) is 3.61. The van der Waals surface area contributed by atoms with Gasteiger partial charge in [-0.25, -0.2) is 18.2 Å². The maximum absolute atomic E-state index is 12.8. The summed E-state index contributed by atoms with van der Waals surface area (Å²) < 4.78 is 37.2. The molecule has 1 amide bonds. The van der Waals surface area contributed by atoms with Gasteiger partial charge in [0.1, 0.15) is 0 Å². The molecule has 0 radical (unpaired) electrons. The third-order valence-electron chi connectivity index (χ3n) is 5.33. The SMILES string of the molecule is Cc1cc(C(=O)OCC(=O)N2CCN(S(=O)(=O)c3ccc(Cl)cc3)CC2)c2c(C)noc2n1. The molecular weight excluding hydrogens is 472 g/mol. The van der Waals surface area contributed by atoms with E-state index in [2.05, 4.69) is 10.1 Å². The van der Waals surface area contributed by atoms with Gasteiger partial charge in [0.05, 0.1) is 21.5 Å². The summed E-state index contributed by atoms with van der Waals surface area (Å²) >= 11 is 5.83. The average molecular weight is 493 g/mol. The Hall–Kier alpha value is -3.02. The Labute approximate surface area is 195 Å². The van der Waals surface area contributed by atoms with Gasteiger partial charge in [0.2, 0.25) is 10.0 Å². The second kappa shape index (κ2) is 9.08. The highest BCUT2D eigenvalue weighted by Crippen LogP contribution is 2.23. The van der Waals surface area contributed by atoms with Gasteiger partial charge in [-0.15, -0.1) is 0 Å². The van der Waals surface area contributed by atoms with Crippen molar-refractivity contribution in [3.63, 3.8) is 0 Å². The molecule has 0 bridgehead atoms. The Kier molecular flexibility index (Phi) is 6.37. The van der Waals surface area contributed by atoms with Crippen LogP contribution in [0, 0.1) is 13.8 Å². The lowest BCUT2D eigenvalue weighted by atomic mass is 10.1. The Balaban J connectivity index is 1.36. The number of halogens is 1. The molecule has 1 aliphatic heterocycles. The van der Waals surface area contributed by atoms with Gasteiger partial charge in [-0.05, 0) is 44.2 Å². The Bertz CT molecular complexity index is 1310. The normalized spacial score (nSPS) is 15.1. The standard InChI is InChI=1S/C21H21ClN4O6S/c1-13-11-17(19-14(2)24-32-20(19)23-13)21(28)31-12-18(27)25-7-9-26(10-8-25)33(29,30)16-5-3-15(22)4-6-16/h3-6,11H,7-10,12H2,1-2H3. The van der Waals surface area contributed by atoms with Gasteiger partial charge in [0, 0.05) is 36.9 Å². The van der Waals surface area contributed by atoms with Crippen molar-refractivity contribution >= 4 is 44.6 Å². The number of pyridine rings is 1. The topological polar surface area (TPSA) is 123 Å². The summed E-state index contributed by atoms with van der Waals surface area (Å²) in [4.78, 5) is 31.0. The van der Waals surface area contributed by atoms with E-state index < -0.39 is 28.5 Å². The number of fused-ring (bicyclic) bond motifs is 1. The molecule has 33 heavy (non-hydrogen) atoms. The maximum Gasteiger partial charge on any atom is 0.339 e. The lowest BCUT2D eigenvalue weighted by Gasteiger charge is -2.33. The van der Waals surface area contributed by atoms with Crippen molar-refractivity contribution in [3.05, 3.63) is 52.3 Å². The number of aryl methyl sites for hydroxylation is 2. The molecule has 0 spiro atoms. The first-order valence-electron chi connectivity index (χ1n) is 10.1. The first kappa shape index (κ1) is 23.1. The Morgan fingerprint density at radius 2 is 1.79 bits per heavy atom. The Morgan fingerprint density at radius 1 is 1.12 bits per heavy atom. The number of piperazine rings is 1. The zero-order valence-corrected chi connectivity index (χ0v) is 19.5. The molecule has 1 aromatic carbocycles. The highest BCUT2D eigenvalue weighted by molar-refractivity contribution is 7.89. The highest BCUT2D eigenvalue weighted by Gasteiger charge is 2.30. The quantitative estimate of drug-likeness (QED) is 0.496. The van der Waals surface area contributed by atoms with Crippen LogP contribution in [0.5, 0.6) is 0 Å². The predicted octanol–water partition coefficient (Wildman–Crippen LogP) is 2.18. The van der Waals surface area contributed by atoms with Crippen LogP contribution in [-0.4, -0.2) is 72.4 Å². The summed E-state index contributed by atoms with van der Waals surface area (Å²) in [5.41, 5.74) is 1.50. The zero-order chi connectivity index (χ0) is 23.8. The number of hydrogen-bond donors (Lipinski definition) is 0. The van der Waals surface area contributed by atoms with E-state index in [1.165, 1.54) is 33.5 Å². The van der Waals surface area contributed by atoms with Crippen molar-refractivity contribution in [2.75, 3.05) is 32.8 Å². The minimum atomic E-state index is -3.68. The third-order valence-corrected chi connectivity index (χ3v) is 7.50. The van der Waals surface area contributed by atoms with Crippen LogP contribution in [0.25, 0.3) is 11.1 Å². The fourth-order valence-corrected chi connectivity index (χ4v) is 5.16. The van der Waals surface area contributed by atoms with Crippen LogP contribution in [0.4, 0.5) is 0 Å². The smallest absolute Gasteiger partial charge is 0.339 e. The summed E-state index contributed by atoms with van der Waals surface area (Å²) in [6, 6.07) is 7.48. The minimum Gasteiger partial charge on any atom is -0.452 e.